The Morgan fingerprint density at radius 3 is 2.63 bits per heavy atom. The first kappa shape index (κ1) is 13.2. The molecule has 4 heteroatoms. The number of hydrogen-bond acceptors (Lipinski definition) is 3. The molecular formula is C15H17NO3. The van der Waals surface area contributed by atoms with Gasteiger partial charge in [0.25, 0.3) is 0 Å². The second-order valence-corrected chi connectivity index (χ2v) is 4.50. The standard InChI is InChI=1S/C15H17NO3/c1-11(12-5-3-2-4-6-12)9-10-16-14-8-7-13(19-14)15(17)18/h2-8,11,16H,9-10H2,1H3,(H,17,18). The van der Waals surface area contributed by atoms with Gasteiger partial charge in [-0.25, -0.2) is 4.79 Å². The molecule has 1 atom stereocenters. The zero-order chi connectivity index (χ0) is 13.7. The van der Waals surface area contributed by atoms with Crippen molar-refractivity contribution in [2.24, 2.45) is 0 Å². The highest BCUT2D eigenvalue weighted by molar-refractivity contribution is 5.84. The van der Waals surface area contributed by atoms with E-state index in [0.29, 0.717) is 11.8 Å². The smallest absolute Gasteiger partial charge is 0.371 e. The Bertz CT molecular complexity index is 533. The van der Waals surface area contributed by atoms with Crippen LogP contribution in [0.4, 0.5) is 5.88 Å². The van der Waals surface area contributed by atoms with Crippen molar-refractivity contribution in [2.75, 3.05) is 11.9 Å². The molecule has 0 amide bonds. The first-order valence-corrected chi connectivity index (χ1v) is 6.29. The molecule has 0 aliphatic rings. The van der Waals surface area contributed by atoms with Crippen molar-refractivity contribution in [2.45, 2.75) is 19.3 Å². The fourth-order valence-corrected chi connectivity index (χ4v) is 1.91. The van der Waals surface area contributed by atoms with E-state index < -0.39 is 5.97 Å². The maximum atomic E-state index is 10.7. The lowest BCUT2D eigenvalue weighted by Crippen LogP contribution is -2.05. The van der Waals surface area contributed by atoms with E-state index in [0.717, 1.165) is 13.0 Å². The average molecular weight is 259 g/mol. The molecule has 0 bridgehead atoms. The molecule has 2 N–H and O–H groups in total. The van der Waals surface area contributed by atoms with E-state index in [1.165, 1.54) is 11.6 Å². The minimum absolute atomic E-state index is 0.0430. The normalized spacial score (nSPS) is 12.1. The predicted octanol–water partition coefficient (Wildman–Crippen LogP) is 3.58. The molecule has 2 rings (SSSR count). The fraction of sp³-hybridized carbons (Fsp3) is 0.267. The first-order chi connectivity index (χ1) is 9.16. The third kappa shape index (κ3) is 3.61. The van der Waals surface area contributed by atoms with Crippen LogP contribution in [0.5, 0.6) is 0 Å². The number of benzene rings is 1. The van der Waals surface area contributed by atoms with Crippen molar-refractivity contribution in [1.82, 2.24) is 0 Å². The largest absolute Gasteiger partial charge is 0.475 e. The minimum atomic E-state index is -1.05. The molecule has 0 fully saturated rings. The van der Waals surface area contributed by atoms with Crippen LogP contribution in [0.15, 0.2) is 46.9 Å². The van der Waals surface area contributed by atoms with E-state index in [2.05, 4.69) is 24.4 Å². The minimum Gasteiger partial charge on any atom is -0.475 e. The van der Waals surface area contributed by atoms with E-state index in [4.69, 9.17) is 9.52 Å². The van der Waals surface area contributed by atoms with Crippen molar-refractivity contribution in [3.05, 3.63) is 53.8 Å². The van der Waals surface area contributed by atoms with E-state index >= 15 is 0 Å². The molecule has 4 nitrogen and oxygen atoms in total. The van der Waals surface area contributed by atoms with Crippen molar-refractivity contribution >= 4 is 11.9 Å². The number of rotatable bonds is 6. The van der Waals surface area contributed by atoms with Crippen LogP contribution in [0.3, 0.4) is 0 Å². The van der Waals surface area contributed by atoms with Gasteiger partial charge in [-0.05, 0) is 24.0 Å². The molecule has 0 spiro atoms. The van der Waals surface area contributed by atoms with Crippen LogP contribution in [0.1, 0.15) is 35.4 Å². The van der Waals surface area contributed by atoms with Crippen molar-refractivity contribution < 1.29 is 14.3 Å². The lowest BCUT2D eigenvalue weighted by molar-refractivity contribution is 0.0663. The van der Waals surface area contributed by atoms with Gasteiger partial charge in [0.15, 0.2) is 5.88 Å². The molecule has 2 aromatic rings. The van der Waals surface area contributed by atoms with Crippen LogP contribution < -0.4 is 5.32 Å². The van der Waals surface area contributed by atoms with Gasteiger partial charge < -0.3 is 14.8 Å². The summed E-state index contributed by atoms with van der Waals surface area (Å²) in [6, 6.07) is 13.4. The topological polar surface area (TPSA) is 62.5 Å². The summed E-state index contributed by atoms with van der Waals surface area (Å²) in [7, 11) is 0. The highest BCUT2D eigenvalue weighted by Crippen LogP contribution is 2.19. The van der Waals surface area contributed by atoms with Crippen LogP contribution in [0.25, 0.3) is 0 Å². The summed E-state index contributed by atoms with van der Waals surface area (Å²) < 4.78 is 5.12. The van der Waals surface area contributed by atoms with Crippen LogP contribution in [-0.4, -0.2) is 17.6 Å². The van der Waals surface area contributed by atoms with Crippen LogP contribution >= 0.6 is 0 Å². The van der Waals surface area contributed by atoms with Crippen LogP contribution in [-0.2, 0) is 0 Å². The lowest BCUT2D eigenvalue weighted by atomic mass is 9.98. The molecule has 100 valence electrons. The van der Waals surface area contributed by atoms with Gasteiger partial charge >= 0.3 is 5.97 Å². The molecule has 0 saturated carbocycles. The molecule has 0 aliphatic heterocycles. The highest BCUT2D eigenvalue weighted by atomic mass is 16.4. The summed E-state index contributed by atoms with van der Waals surface area (Å²) in [5, 5.41) is 11.8. The monoisotopic (exact) mass is 259 g/mol. The average Bonchev–Trinajstić information content (AvgIpc) is 2.89. The van der Waals surface area contributed by atoms with Gasteiger partial charge in [0.2, 0.25) is 5.76 Å². The zero-order valence-electron chi connectivity index (χ0n) is 10.8. The summed E-state index contributed by atoms with van der Waals surface area (Å²) in [6.07, 6.45) is 0.952. The number of carbonyl (C=O) groups is 1. The Balaban J connectivity index is 1.81. The summed E-state index contributed by atoms with van der Waals surface area (Å²) in [5.41, 5.74) is 1.30. The number of carboxylic acids is 1. The second kappa shape index (κ2) is 6.09. The number of carboxylic acid groups (broad SMARTS) is 1. The Kier molecular flexibility index (Phi) is 4.23. The number of nitrogens with one attached hydrogen (secondary N) is 1. The highest BCUT2D eigenvalue weighted by Gasteiger charge is 2.09. The fourth-order valence-electron chi connectivity index (χ4n) is 1.91. The van der Waals surface area contributed by atoms with Crippen molar-refractivity contribution in [3.8, 4) is 0 Å². The van der Waals surface area contributed by atoms with Crippen LogP contribution in [0.2, 0.25) is 0 Å². The van der Waals surface area contributed by atoms with Gasteiger partial charge in [-0.1, -0.05) is 37.3 Å². The summed E-state index contributed by atoms with van der Waals surface area (Å²) in [4.78, 5) is 10.7. The summed E-state index contributed by atoms with van der Waals surface area (Å²) in [5.74, 6) is -0.149. The molecule has 1 heterocycles. The van der Waals surface area contributed by atoms with Crippen molar-refractivity contribution in [3.63, 3.8) is 0 Å². The lowest BCUT2D eigenvalue weighted by Gasteiger charge is -2.11. The van der Waals surface area contributed by atoms with Crippen LogP contribution in [0, 0.1) is 0 Å². The predicted molar refractivity (Wildman–Crippen MR) is 73.6 cm³/mol. The quantitative estimate of drug-likeness (QED) is 0.832. The van der Waals surface area contributed by atoms with Gasteiger partial charge in [-0.2, -0.15) is 0 Å². The number of hydrogen-bond donors (Lipinski definition) is 2. The molecule has 0 aliphatic carbocycles. The third-order valence-corrected chi connectivity index (χ3v) is 3.06. The Morgan fingerprint density at radius 1 is 1.26 bits per heavy atom. The van der Waals surface area contributed by atoms with Gasteiger partial charge in [-0.3, -0.25) is 0 Å². The van der Waals surface area contributed by atoms with Gasteiger partial charge in [-0.15, -0.1) is 0 Å². The summed E-state index contributed by atoms with van der Waals surface area (Å²) in [6.45, 7) is 2.91. The van der Waals surface area contributed by atoms with E-state index in [1.54, 1.807) is 6.07 Å². The molecule has 0 saturated heterocycles. The Hall–Kier alpha value is -2.23. The molecule has 1 aromatic carbocycles. The van der Waals surface area contributed by atoms with Gasteiger partial charge in [0.1, 0.15) is 0 Å². The molecule has 19 heavy (non-hydrogen) atoms. The van der Waals surface area contributed by atoms with E-state index in [9.17, 15) is 4.79 Å². The second-order valence-electron chi connectivity index (χ2n) is 4.50. The maximum absolute atomic E-state index is 10.7. The summed E-state index contributed by atoms with van der Waals surface area (Å²) >= 11 is 0. The number of furan rings is 1. The van der Waals surface area contributed by atoms with Gasteiger partial charge in [0, 0.05) is 12.6 Å². The molecular weight excluding hydrogens is 242 g/mol. The SMILES string of the molecule is CC(CCNc1ccc(C(=O)O)o1)c1ccccc1. The van der Waals surface area contributed by atoms with E-state index in [1.807, 2.05) is 18.2 Å². The Labute approximate surface area is 112 Å². The third-order valence-electron chi connectivity index (χ3n) is 3.06. The van der Waals surface area contributed by atoms with Crippen molar-refractivity contribution in [1.29, 1.82) is 0 Å². The number of anilines is 1. The number of aromatic carboxylic acids is 1. The molecule has 1 unspecified atom stereocenters. The maximum Gasteiger partial charge on any atom is 0.371 e. The molecule has 0 radical (unpaired) electrons. The Morgan fingerprint density at radius 2 is 2.00 bits per heavy atom. The first-order valence-electron chi connectivity index (χ1n) is 6.29. The zero-order valence-corrected chi connectivity index (χ0v) is 10.8. The molecule has 1 aromatic heterocycles. The van der Waals surface area contributed by atoms with Gasteiger partial charge in [0.05, 0.1) is 0 Å². The van der Waals surface area contributed by atoms with E-state index in [-0.39, 0.29) is 5.76 Å².